The lowest BCUT2D eigenvalue weighted by Crippen LogP contribution is -1.95. The second-order valence-corrected chi connectivity index (χ2v) is 3.06. The first kappa shape index (κ1) is 8.79. The second-order valence-electron chi connectivity index (χ2n) is 3.06. The molecule has 0 aliphatic heterocycles. The summed E-state index contributed by atoms with van der Waals surface area (Å²) in [6.45, 7) is 0. The van der Waals surface area contributed by atoms with Gasteiger partial charge in [-0.1, -0.05) is 6.07 Å². The van der Waals surface area contributed by atoms with Crippen LogP contribution in [0.25, 0.3) is 5.65 Å². The number of hydrogen-bond donors (Lipinski definition) is 1. The van der Waals surface area contributed by atoms with Crippen LogP contribution in [0, 0.1) is 12.3 Å². The lowest BCUT2D eigenvalue weighted by Gasteiger charge is -2.00. The fourth-order valence-corrected chi connectivity index (χ4v) is 1.33. The molecule has 0 saturated carbocycles. The predicted octanol–water partition coefficient (Wildman–Crippen LogP) is 1.39. The molecule has 1 atom stereocenters. The van der Waals surface area contributed by atoms with Crippen molar-refractivity contribution in [3.05, 3.63) is 36.3 Å². The first-order chi connectivity index (χ1) is 6.81. The molecular formula is C11H10N2O. The number of aromatic nitrogens is 2. The minimum atomic E-state index is -0.667. The molecule has 1 N–H and O–H groups in total. The van der Waals surface area contributed by atoms with Crippen molar-refractivity contribution in [1.29, 1.82) is 0 Å². The van der Waals surface area contributed by atoms with Gasteiger partial charge in [-0.25, -0.2) is 4.98 Å². The third kappa shape index (κ3) is 1.48. The van der Waals surface area contributed by atoms with Crippen molar-refractivity contribution >= 4 is 5.65 Å². The highest BCUT2D eigenvalue weighted by molar-refractivity contribution is 5.39. The number of hydrogen-bond acceptors (Lipinski definition) is 2. The minimum absolute atomic E-state index is 0.296. The van der Waals surface area contributed by atoms with Crippen LogP contribution in [0.15, 0.2) is 30.6 Å². The molecule has 0 aromatic carbocycles. The first-order valence-corrected chi connectivity index (χ1v) is 4.36. The Kier molecular flexibility index (Phi) is 2.21. The molecule has 0 bridgehead atoms. The molecule has 2 rings (SSSR count). The highest BCUT2D eigenvalue weighted by atomic mass is 16.3. The van der Waals surface area contributed by atoms with Crippen molar-refractivity contribution in [1.82, 2.24) is 9.38 Å². The average molecular weight is 186 g/mol. The summed E-state index contributed by atoms with van der Waals surface area (Å²) in [5, 5.41) is 9.60. The first-order valence-electron chi connectivity index (χ1n) is 4.36. The molecule has 0 amide bonds. The van der Waals surface area contributed by atoms with Gasteiger partial charge in [0, 0.05) is 18.8 Å². The Morgan fingerprint density at radius 1 is 1.57 bits per heavy atom. The Labute approximate surface area is 82.0 Å². The molecule has 0 fully saturated rings. The van der Waals surface area contributed by atoms with Crippen molar-refractivity contribution in [3.63, 3.8) is 0 Å². The zero-order chi connectivity index (χ0) is 9.97. The summed E-state index contributed by atoms with van der Waals surface area (Å²) in [5.74, 6) is 2.41. The van der Waals surface area contributed by atoms with Crippen LogP contribution >= 0.6 is 0 Å². The number of rotatable bonds is 2. The Morgan fingerprint density at radius 2 is 2.43 bits per heavy atom. The van der Waals surface area contributed by atoms with Gasteiger partial charge in [-0.3, -0.25) is 0 Å². The number of nitrogens with zero attached hydrogens (tertiary/aromatic N) is 2. The number of fused-ring (bicyclic) bond motifs is 1. The van der Waals surface area contributed by atoms with Gasteiger partial charge < -0.3 is 9.51 Å². The standard InChI is InChI=1S/C11H10N2O/c1-2-5-10(14)9-8-13-7-4-3-6-11(13)12-9/h1,3-4,6-8,10,14H,5H2. The molecule has 0 radical (unpaired) electrons. The topological polar surface area (TPSA) is 37.5 Å². The zero-order valence-corrected chi connectivity index (χ0v) is 7.59. The van der Waals surface area contributed by atoms with Crippen LogP contribution in [-0.2, 0) is 0 Å². The van der Waals surface area contributed by atoms with Crippen LogP contribution in [0.5, 0.6) is 0 Å². The van der Waals surface area contributed by atoms with E-state index in [0.29, 0.717) is 12.1 Å². The van der Waals surface area contributed by atoms with E-state index < -0.39 is 6.10 Å². The highest BCUT2D eigenvalue weighted by Gasteiger charge is 2.09. The van der Waals surface area contributed by atoms with E-state index in [9.17, 15) is 5.11 Å². The molecule has 3 nitrogen and oxygen atoms in total. The van der Waals surface area contributed by atoms with Crippen LogP contribution in [0.3, 0.4) is 0 Å². The highest BCUT2D eigenvalue weighted by Crippen LogP contribution is 2.15. The largest absolute Gasteiger partial charge is 0.386 e. The molecule has 70 valence electrons. The van der Waals surface area contributed by atoms with Gasteiger partial charge in [-0.2, -0.15) is 0 Å². The maximum Gasteiger partial charge on any atom is 0.137 e. The molecule has 0 spiro atoms. The molecule has 3 heteroatoms. The van der Waals surface area contributed by atoms with E-state index in [2.05, 4.69) is 10.9 Å². The van der Waals surface area contributed by atoms with E-state index in [1.807, 2.05) is 28.8 Å². The van der Waals surface area contributed by atoms with Crippen LogP contribution in [0.1, 0.15) is 18.2 Å². The molecule has 2 aromatic rings. The Morgan fingerprint density at radius 3 is 3.14 bits per heavy atom. The average Bonchev–Trinajstić information content (AvgIpc) is 2.61. The van der Waals surface area contributed by atoms with Gasteiger partial charge in [0.05, 0.1) is 5.69 Å². The molecule has 0 aliphatic carbocycles. The van der Waals surface area contributed by atoms with Crippen molar-refractivity contribution in [3.8, 4) is 12.3 Å². The Hall–Kier alpha value is -1.79. The van der Waals surface area contributed by atoms with Crippen LogP contribution in [-0.4, -0.2) is 14.5 Å². The number of pyridine rings is 1. The van der Waals surface area contributed by atoms with Gasteiger partial charge in [0.1, 0.15) is 11.8 Å². The lowest BCUT2D eigenvalue weighted by atomic mass is 10.2. The van der Waals surface area contributed by atoms with Gasteiger partial charge in [-0.15, -0.1) is 12.3 Å². The van der Waals surface area contributed by atoms with Gasteiger partial charge in [0.25, 0.3) is 0 Å². The van der Waals surface area contributed by atoms with Crippen molar-refractivity contribution in [2.45, 2.75) is 12.5 Å². The van der Waals surface area contributed by atoms with Crippen LogP contribution in [0.4, 0.5) is 0 Å². The van der Waals surface area contributed by atoms with E-state index >= 15 is 0 Å². The Balaban J connectivity index is 2.41. The number of aliphatic hydroxyl groups excluding tert-OH is 1. The summed E-state index contributed by atoms with van der Waals surface area (Å²) in [7, 11) is 0. The third-order valence-electron chi connectivity index (χ3n) is 2.04. The summed E-state index contributed by atoms with van der Waals surface area (Å²) in [6, 6.07) is 5.69. The van der Waals surface area contributed by atoms with Gasteiger partial charge in [0.15, 0.2) is 0 Å². The second kappa shape index (κ2) is 3.52. The molecule has 2 heterocycles. The third-order valence-corrected chi connectivity index (χ3v) is 2.04. The number of aliphatic hydroxyl groups is 1. The number of imidazole rings is 1. The zero-order valence-electron chi connectivity index (χ0n) is 7.59. The summed E-state index contributed by atoms with van der Waals surface area (Å²) < 4.78 is 1.86. The van der Waals surface area contributed by atoms with Crippen molar-refractivity contribution < 1.29 is 5.11 Å². The van der Waals surface area contributed by atoms with Crippen LogP contribution in [0.2, 0.25) is 0 Å². The SMILES string of the molecule is C#CCC(O)c1cn2ccccc2n1. The smallest absolute Gasteiger partial charge is 0.137 e. The van der Waals surface area contributed by atoms with E-state index in [-0.39, 0.29) is 0 Å². The van der Waals surface area contributed by atoms with Crippen molar-refractivity contribution in [2.75, 3.05) is 0 Å². The summed E-state index contributed by atoms with van der Waals surface area (Å²) >= 11 is 0. The minimum Gasteiger partial charge on any atom is -0.386 e. The number of terminal acetylenes is 1. The predicted molar refractivity (Wildman–Crippen MR) is 53.6 cm³/mol. The molecule has 0 aliphatic rings. The van der Waals surface area contributed by atoms with Gasteiger partial charge >= 0.3 is 0 Å². The summed E-state index contributed by atoms with van der Waals surface area (Å²) in [6.07, 6.45) is 8.42. The maximum atomic E-state index is 9.60. The molecular weight excluding hydrogens is 176 g/mol. The molecule has 0 saturated heterocycles. The normalized spacial score (nSPS) is 12.6. The Bertz CT molecular complexity index is 448. The monoisotopic (exact) mass is 186 g/mol. The van der Waals surface area contributed by atoms with E-state index in [1.165, 1.54) is 0 Å². The molecule has 2 aromatic heterocycles. The van der Waals surface area contributed by atoms with E-state index in [0.717, 1.165) is 5.65 Å². The van der Waals surface area contributed by atoms with E-state index in [4.69, 9.17) is 6.42 Å². The maximum absolute atomic E-state index is 9.60. The summed E-state index contributed by atoms with van der Waals surface area (Å²) in [4.78, 5) is 4.25. The quantitative estimate of drug-likeness (QED) is 0.720. The van der Waals surface area contributed by atoms with Crippen molar-refractivity contribution in [2.24, 2.45) is 0 Å². The molecule has 1 unspecified atom stereocenters. The summed E-state index contributed by atoms with van der Waals surface area (Å²) in [5.41, 5.74) is 1.44. The fraction of sp³-hybridized carbons (Fsp3) is 0.182. The molecule has 14 heavy (non-hydrogen) atoms. The fourth-order valence-electron chi connectivity index (χ4n) is 1.33. The van der Waals surface area contributed by atoms with Gasteiger partial charge in [-0.05, 0) is 12.1 Å². The van der Waals surface area contributed by atoms with Gasteiger partial charge in [0.2, 0.25) is 0 Å². The van der Waals surface area contributed by atoms with E-state index in [1.54, 1.807) is 6.20 Å². The lowest BCUT2D eigenvalue weighted by molar-refractivity contribution is 0.180. The van der Waals surface area contributed by atoms with Crippen LogP contribution < -0.4 is 0 Å².